The molecule has 1 N–H and O–H groups in total. The van der Waals surface area contributed by atoms with Crippen molar-refractivity contribution in [1.29, 1.82) is 0 Å². The van der Waals surface area contributed by atoms with E-state index in [2.05, 4.69) is 25.9 Å². The zero-order valence-corrected chi connectivity index (χ0v) is 8.70. The molecule has 2 nitrogen and oxygen atoms in total. The van der Waals surface area contributed by atoms with E-state index in [4.69, 9.17) is 11.6 Å². The maximum absolute atomic E-state index is 5.99. The number of rotatable bonds is 0. The van der Waals surface area contributed by atoms with Crippen molar-refractivity contribution in [2.45, 2.75) is 6.92 Å². The molecule has 0 aromatic carbocycles. The van der Waals surface area contributed by atoms with Gasteiger partial charge in [0.1, 0.15) is 10.3 Å². The summed E-state index contributed by atoms with van der Waals surface area (Å²) in [5.41, 5.74) is 1.89. The van der Waals surface area contributed by atoms with E-state index in [-0.39, 0.29) is 0 Å². The van der Waals surface area contributed by atoms with E-state index in [1.165, 1.54) is 0 Å². The van der Waals surface area contributed by atoms with Gasteiger partial charge in [0.25, 0.3) is 0 Å². The molecular weight excluding hydrogens is 239 g/mol. The summed E-state index contributed by atoms with van der Waals surface area (Å²) in [7, 11) is 0. The summed E-state index contributed by atoms with van der Waals surface area (Å²) < 4.78 is 0.752. The van der Waals surface area contributed by atoms with Crippen LogP contribution < -0.4 is 0 Å². The molecule has 0 aliphatic heterocycles. The minimum absolute atomic E-state index is 0.719. The molecule has 0 radical (unpaired) electrons. The van der Waals surface area contributed by atoms with Crippen LogP contribution in [0, 0.1) is 6.92 Å². The number of H-pyrrole nitrogens is 1. The molecule has 0 atom stereocenters. The molecule has 0 bridgehead atoms. The molecule has 0 unspecified atom stereocenters. The lowest BCUT2D eigenvalue weighted by molar-refractivity contribution is 1.23. The van der Waals surface area contributed by atoms with Crippen LogP contribution in [0.1, 0.15) is 5.69 Å². The number of nitrogens with one attached hydrogen (secondary N) is 1. The second kappa shape index (κ2) is 2.75. The van der Waals surface area contributed by atoms with Gasteiger partial charge in [-0.15, -0.1) is 0 Å². The number of aryl methyl sites for hydroxylation is 1. The summed E-state index contributed by atoms with van der Waals surface area (Å²) in [5.74, 6) is 0. The second-order valence-corrected chi connectivity index (χ2v) is 3.86. The highest BCUT2D eigenvalue weighted by molar-refractivity contribution is 9.10. The number of hydrogen-bond acceptors (Lipinski definition) is 1. The molecule has 2 rings (SSSR count). The molecule has 2 heterocycles. The van der Waals surface area contributed by atoms with Crippen LogP contribution >= 0.6 is 27.5 Å². The Morgan fingerprint density at radius 1 is 1.50 bits per heavy atom. The summed E-state index contributed by atoms with van der Waals surface area (Å²) in [5, 5.41) is 1.69. The maximum Gasteiger partial charge on any atom is 0.140 e. The molecule has 0 spiro atoms. The molecule has 2 aromatic heterocycles. The molecule has 4 heteroatoms. The number of aromatic nitrogens is 2. The quantitative estimate of drug-likeness (QED) is 0.709. The summed E-state index contributed by atoms with van der Waals surface area (Å²) >= 11 is 9.26. The van der Waals surface area contributed by atoms with Crippen LogP contribution in [0.3, 0.4) is 0 Å². The maximum atomic E-state index is 5.99. The van der Waals surface area contributed by atoms with Gasteiger partial charge in [-0.1, -0.05) is 11.6 Å². The normalized spacial score (nSPS) is 10.9. The van der Waals surface area contributed by atoms with Crippen molar-refractivity contribution >= 4 is 38.6 Å². The summed E-state index contributed by atoms with van der Waals surface area (Å²) in [6.07, 6.45) is 0. The van der Waals surface area contributed by atoms with Crippen LogP contribution in [0.2, 0.25) is 5.02 Å². The third-order valence-electron chi connectivity index (χ3n) is 1.65. The van der Waals surface area contributed by atoms with Crippen molar-refractivity contribution in [3.8, 4) is 0 Å². The van der Waals surface area contributed by atoms with Crippen molar-refractivity contribution in [3.63, 3.8) is 0 Å². The highest BCUT2D eigenvalue weighted by Gasteiger charge is 2.04. The van der Waals surface area contributed by atoms with Gasteiger partial charge in [-0.3, -0.25) is 0 Å². The Morgan fingerprint density at radius 2 is 2.25 bits per heavy atom. The van der Waals surface area contributed by atoms with Gasteiger partial charge in [0.2, 0.25) is 0 Å². The largest absolute Gasteiger partial charge is 0.343 e. The van der Waals surface area contributed by atoms with Gasteiger partial charge >= 0.3 is 0 Å². The Morgan fingerprint density at radius 3 is 3.00 bits per heavy atom. The number of nitrogens with zero attached hydrogens (tertiary/aromatic N) is 1. The lowest BCUT2D eigenvalue weighted by atomic mass is 10.3. The molecule has 0 amide bonds. The first-order valence-corrected chi connectivity index (χ1v) is 4.65. The lowest BCUT2D eigenvalue weighted by Gasteiger charge is -1.93. The third kappa shape index (κ3) is 1.23. The van der Waals surface area contributed by atoms with Crippen molar-refractivity contribution in [2.75, 3.05) is 0 Å². The first-order valence-electron chi connectivity index (χ1n) is 3.48. The van der Waals surface area contributed by atoms with Crippen molar-refractivity contribution in [1.82, 2.24) is 9.97 Å². The van der Waals surface area contributed by atoms with Gasteiger partial charge in [-0.25, -0.2) is 4.98 Å². The Kier molecular flexibility index (Phi) is 1.85. The van der Waals surface area contributed by atoms with Gasteiger partial charge in [0.15, 0.2) is 0 Å². The fourth-order valence-corrected chi connectivity index (χ4v) is 1.95. The van der Waals surface area contributed by atoms with E-state index in [1.54, 1.807) is 6.07 Å². The molecule has 0 fully saturated rings. The fraction of sp³-hybridized carbons (Fsp3) is 0.125. The van der Waals surface area contributed by atoms with E-state index >= 15 is 0 Å². The van der Waals surface area contributed by atoms with Crippen LogP contribution in [-0.2, 0) is 0 Å². The smallest absolute Gasteiger partial charge is 0.140 e. The standard InChI is InChI=1S/C8H6BrClN2/c1-4-2-5-6(10)3-7(9)12-8(5)11-4/h2-3H,1H3,(H,11,12). The number of fused-ring (bicyclic) bond motifs is 1. The van der Waals surface area contributed by atoms with Gasteiger partial charge in [-0.2, -0.15) is 0 Å². The molecule has 0 aliphatic rings. The van der Waals surface area contributed by atoms with Gasteiger partial charge < -0.3 is 4.98 Å². The van der Waals surface area contributed by atoms with Gasteiger partial charge in [-0.05, 0) is 35.0 Å². The van der Waals surface area contributed by atoms with Crippen LogP contribution in [0.25, 0.3) is 11.0 Å². The Labute approximate surface area is 83.1 Å². The molecule has 62 valence electrons. The third-order valence-corrected chi connectivity index (χ3v) is 2.37. The predicted octanol–water partition coefficient (Wildman–Crippen LogP) is 3.29. The summed E-state index contributed by atoms with van der Waals surface area (Å²) in [6.45, 7) is 1.98. The topological polar surface area (TPSA) is 28.7 Å². The fourth-order valence-electron chi connectivity index (χ4n) is 1.17. The minimum Gasteiger partial charge on any atom is -0.343 e. The van der Waals surface area contributed by atoms with Crippen LogP contribution in [0.4, 0.5) is 0 Å². The number of aromatic amines is 1. The number of pyridine rings is 1. The van der Waals surface area contributed by atoms with E-state index in [1.807, 2.05) is 13.0 Å². The van der Waals surface area contributed by atoms with Crippen LogP contribution in [0.15, 0.2) is 16.7 Å². The predicted molar refractivity (Wildman–Crippen MR) is 53.5 cm³/mol. The minimum atomic E-state index is 0.719. The Hall–Kier alpha value is -0.540. The van der Waals surface area contributed by atoms with E-state index < -0.39 is 0 Å². The van der Waals surface area contributed by atoms with Crippen LogP contribution in [-0.4, -0.2) is 9.97 Å². The van der Waals surface area contributed by atoms with Gasteiger partial charge in [0.05, 0.1) is 5.02 Å². The van der Waals surface area contributed by atoms with Crippen molar-refractivity contribution in [3.05, 3.63) is 27.5 Å². The highest BCUT2D eigenvalue weighted by atomic mass is 79.9. The average Bonchev–Trinajstić information content (AvgIpc) is 2.29. The first kappa shape index (κ1) is 8.08. The summed E-state index contributed by atoms with van der Waals surface area (Å²) in [4.78, 5) is 7.35. The van der Waals surface area contributed by atoms with Crippen LogP contribution in [0.5, 0.6) is 0 Å². The molecule has 2 aromatic rings. The van der Waals surface area contributed by atoms with Crippen molar-refractivity contribution < 1.29 is 0 Å². The molecule has 0 saturated carbocycles. The molecular formula is C8H6BrClN2. The Balaban J connectivity index is 2.88. The average molecular weight is 246 g/mol. The summed E-state index contributed by atoms with van der Waals surface area (Å²) in [6, 6.07) is 3.77. The first-order chi connectivity index (χ1) is 5.66. The van der Waals surface area contributed by atoms with Gasteiger partial charge in [0, 0.05) is 11.1 Å². The molecule has 0 saturated heterocycles. The molecule has 12 heavy (non-hydrogen) atoms. The monoisotopic (exact) mass is 244 g/mol. The highest BCUT2D eigenvalue weighted by Crippen LogP contribution is 2.25. The van der Waals surface area contributed by atoms with E-state index in [9.17, 15) is 0 Å². The SMILES string of the molecule is Cc1cc2c(Cl)cc(Br)nc2[nH]1. The zero-order chi connectivity index (χ0) is 8.72. The second-order valence-electron chi connectivity index (χ2n) is 2.64. The molecule has 0 aliphatic carbocycles. The zero-order valence-electron chi connectivity index (χ0n) is 6.36. The van der Waals surface area contributed by atoms with E-state index in [0.29, 0.717) is 0 Å². The van der Waals surface area contributed by atoms with E-state index in [0.717, 1.165) is 26.4 Å². The number of hydrogen-bond donors (Lipinski definition) is 1. The number of halogens is 2. The lowest BCUT2D eigenvalue weighted by Crippen LogP contribution is -1.78. The Bertz CT molecular complexity index is 436. The van der Waals surface area contributed by atoms with Crippen molar-refractivity contribution in [2.24, 2.45) is 0 Å².